The number of anilines is 1. The smallest absolute Gasteiger partial charge is 0.263 e. The number of halogens is 1. The average Bonchev–Trinajstić information content (AvgIpc) is 2.75. The molecule has 0 saturated carbocycles. The van der Waals surface area contributed by atoms with E-state index in [1.807, 2.05) is 18.2 Å². The van der Waals surface area contributed by atoms with Crippen molar-refractivity contribution >= 4 is 48.9 Å². The van der Waals surface area contributed by atoms with Crippen LogP contribution >= 0.6 is 27.3 Å². The van der Waals surface area contributed by atoms with Gasteiger partial charge in [0.15, 0.2) is 0 Å². The molecule has 3 N–H and O–H groups in total. The highest BCUT2D eigenvalue weighted by Gasteiger charge is 2.15. The van der Waals surface area contributed by atoms with Gasteiger partial charge in [-0.15, -0.1) is 23.7 Å². The lowest BCUT2D eigenvalue weighted by molar-refractivity contribution is 0.0958. The van der Waals surface area contributed by atoms with Crippen LogP contribution in [-0.2, 0) is 0 Å². The van der Waals surface area contributed by atoms with Crippen LogP contribution in [0.15, 0.2) is 22.7 Å². The van der Waals surface area contributed by atoms with Crippen LogP contribution < -0.4 is 11.1 Å². The Kier molecular flexibility index (Phi) is 5.05. The van der Waals surface area contributed by atoms with Crippen molar-refractivity contribution in [3.05, 3.63) is 27.5 Å². The molecule has 1 aromatic carbocycles. The maximum Gasteiger partial charge on any atom is 0.263 e. The van der Waals surface area contributed by atoms with Crippen molar-refractivity contribution < 1.29 is 4.79 Å². The predicted octanol–water partition coefficient (Wildman–Crippen LogP) is 3.78. The van der Waals surface area contributed by atoms with Crippen LogP contribution in [-0.4, -0.2) is 12.5 Å². The third-order valence-electron chi connectivity index (χ3n) is 2.93. The molecule has 1 heterocycles. The lowest BCUT2D eigenvalue weighted by Crippen LogP contribution is -2.24. The molecule has 0 unspecified atom stereocenters. The molecule has 0 spiro atoms. The zero-order valence-electron chi connectivity index (χ0n) is 10.9. The number of unbranched alkanes of at least 4 members (excludes halogenated alkanes) is 2. The first kappa shape index (κ1) is 14.9. The molecule has 20 heavy (non-hydrogen) atoms. The van der Waals surface area contributed by atoms with E-state index in [1.54, 1.807) is 0 Å². The topological polar surface area (TPSA) is 55.1 Å². The number of hydrogen-bond donors (Lipinski definition) is 2. The number of hydrogen-bond acceptors (Lipinski definition) is 3. The summed E-state index contributed by atoms with van der Waals surface area (Å²) in [5, 5.41) is 3.81. The second-order valence-corrected chi connectivity index (χ2v) is 6.37. The maximum atomic E-state index is 12.1. The summed E-state index contributed by atoms with van der Waals surface area (Å²) in [6.07, 6.45) is 7.73. The van der Waals surface area contributed by atoms with Gasteiger partial charge in [0, 0.05) is 27.5 Å². The Bertz CT molecular complexity index is 672. The van der Waals surface area contributed by atoms with Gasteiger partial charge in [0.1, 0.15) is 4.88 Å². The third-order valence-corrected chi connectivity index (χ3v) is 4.59. The largest absolute Gasteiger partial charge is 0.397 e. The normalized spacial score (nSPS) is 10.4. The summed E-state index contributed by atoms with van der Waals surface area (Å²) >= 11 is 4.83. The minimum absolute atomic E-state index is 0.111. The van der Waals surface area contributed by atoms with Crippen molar-refractivity contribution in [2.75, 3.05) is 12.3 Å². The van der Waals surface area contributed by atoms with Crippen LogP contribution in [0.4, 0.5) is 5.69 Å². The lowest BCUT2D eigenvalue weighted by atomic mass is 10.2. The fourth-order valence-electron chi connectivity index (χ4n) is 1.89. The van der Waals surface area contributed by atoms with E-state index >= 15 is 0 Å². The highest BCUT2D eigenvalue weighted by atomic mass is 79.9. The number of thiophene rings is 1. The van der Waals surface area contributed by atoms with Crippen LogP contribution in [0.2, 0.25) is 0 Å². The van der Waals surface area contributed by atoms with Crippen LogP contribution in [0.25, 0.3) is 10.1 Å². The highest BCUT2D eigenvalue weighted by molar-refractivity contribution is 9.10. The molecule has 0 bridgehead atoms. The molecular weight excluding hydrogens is 336 g/mol. The van der Waals surface area contributed by atoms with Crippen molar-refractivity contribution in [1.82, 2.24) is 5.32 Å². The van der Waals surface area contributed by atoms with E-state index in [4.69, 9.17) is 12.2 Å². The van der Waals surface area contributed by atoms with E-state index in [9.17, 15) is 4.79 Å². The molecule has 2 rings (SSSR count). The van der Waals surface area contributed by atoms with Gasteiger partial charge in [-0.1, -0.05) is 22.0 Å². The van der Waals surface area contributed by atoms with E-state index < -0.39 is 0 Å². The number of amides is 1. The van der Waals surface area contributed by atoms with Gasteiger partial charge in [0.05, 0.1) is 5.69 Å². The molecule has 0 radical (unpaired) electrons. The summed E-state index contributed by atoms with van der Waals surface area (Å²) in [6.45, 7) is 0.623. The van der Waals surface area contributed by atoms with Crippen LogP contribution in [0.3, 0.4) is 0 Å². The molecule has 0 aliphatic carbocycles. The summed E-state index contributed by atoms with van der Waals surface area (Å²) in [7, 11) is 0. The van der Waals surface area contributed by atoms with Crippen molar-refractivity contribution in [3.63, 3.8) is 0 Å². The Morgan fingerprint density at radius 3 is 3.00 bits per heavy atom. The van der Waals surface area contributed by atoms with Gasteiger partial charge < -0.3 is 11.1 Å². The zero-order chi connectivity index (χ0) is 14.5. The Morgan fingerprint density at radius 1 is 1.45 bits per heavy atom. The van der Waals surface area contributed by atoms with Crippen LogP contribution in [0.5, 0.6) is 0 Å². The van der Waals surface area contributed by atoms with E-state index in [1.165, 1.54) is 11.3 Å². The molecule has 1 aromatic heterocycles. The number of carbonyl (C=O) groups is 1. The van der Waals surface area contributed by atoms with Gasteiger partial charge in [0.2, 0.25) is 0 Å². The van der Waals surface area contributed by atoms with E-state index in [2.05, 4.69) is 27.2 Å². The van der Waals surface area contributed by atoms with E-state index in [0.717, 1.165) is 33.8 Å². The molecule has 1 amide bonds. The molecule has 5 heteroatoms. The Hall–Kier alpha value is -1.51. The first-order valence-corrected chi connectivity index (χ1v) is 7.93. The van der Waals surface area contributed by atoms with Crippen LogP contribution in [0, 0.1) is 12.3 Å². The van der Waals surface area contributed by atoms with Gasteiger partial charge in [-0.2, -0.15) is 0 Å². The van der Waals surface area contributed by atoms with E-state index in [0.29, 0.717) is 17.1 Å². The SMILES string of the molecule is C#CCCCCNC(=O)c1sc2cc(Br)ccc2c1N. The quantitative estimate of drug-likeness (QED) is 0.636. The van der Waals surface area contributed by atoms with Crippen molar-refractivity contribution in [2.24, 2.45) is 0 Å². The molecule has 3 nitrogen and oxygen atoms in total. The predicted molar refractivity (Wildman–Crippen MR) is 89.0 cm³/mol. The average molecular weight is 351 g/mol. The van der Waals surface area contributed by atoms with Gasteiger partial charge in [-0.25, -0.2) is 0 Å². The minimum Gasteiger partial charge on any atom is -0.397 e. The number of carbonyl (C=O) groups excluding carboxylic acids is 1. The second kappa shape index (κ2) is 6.78. The van der Waals surface area contributed by atoms with Gasteiger partial charge >= 0.3 is 0 Å². The molecule has 0 fully saturated rings. The molecule has 0 atom stereocenters. The first-order valence-electron chi connectivity index (χ1n) is 6.32. The molecule has 0 saturated heterocycles. The van der Waals surface area contributed by atoms with Crippen molar-refractivity contribution in [1.29, 1.82) is 0 Å². The van der Waals surface area contributed by atoms with Gasteiger partial charge in [-0.05, 0) is 25.0 Å². The number of benzene rings is 1. The number of nitrogens with two attached hydrogens (primary N) is 1. The minimum atomic E-state index is -0.111. The maximum absolute atomic E-state index is 12.1. The monoisotopic (exact) mass is 350 g/mol. The fourth-order valence-corrected chi connectivity index (χ4v) is 3.48. The van der Waals surface area contributed by atoms with Crippen molar-refractivity contribution in [3.8, 4) is 12.3 Å². The third kappa shape index (κ3) is 3.33. The molecule has 0 aliphatic rings. The standard InChI is InChI=1S/C15H15BrN2OS/c1-2-3-4-5-8-18-15(19)14-13(17)11-7-6-10(16)9-12(11)20-14/h1,6-7,9H,3-5,8,17H2,(H,18,19). The Morgan fingerprint density at radius 2 is 2.25 bits per heavy atom. The summed E-state index contributed by atoms with van der Waals surface area (Å²) in [5.74, 6) is 2.47. The van der Waals surface area contributed by atoms with Crippen molar-refractivity contribution in [2.45, 2.75) is 19.3 Å². The number of terminal acetylenes is 1. The Labute approximate surface area is 130 Å². The summed E-state index contributed by atoms with van der Waals surface area (Å²) in [4.78, 5) is 12.7. The molecule has 2 aromatic rings. The number of rotatable bonds is 5. The zero-order valence-corrected chi connectivity index (χ0v) is 13.3. The van der Waals surface area contributed by atoms with E-state index in [-0.39, 0.29) is 5.91 Å². The highest BCUT2D eigenvalue weighted by Crippen LogP contribution is 2.35. The lowest BCUT2D eigenvalue weighted by Gasteiger charge is -2.03. The summed E-state index contributed by atoms with van der Waals surface area (Å²) in [5.41, 5.74) is 6.60. The summed E-state index contributed by atoms with van der Waals surface area (Å²) in [6, 6.07) is 5.82. The number of nitrogen functional groups attached to an aromatic ring is 1. The molecule has 104 valence electrons. The number of nitrogens with one attached hydrogen (secondary N) is 1. The summed E-state index contributed by atoms with van der Waals surface area (Å²) < 4.78 is 1.99. The first-order chi connectivity index (χ1) is 9.63. The number of fused-ring (bicyclic) bond motifs is 1. The van der Waals surface area contributed by atoms with Gasteiger partial charge in [0.25, 0.3) is 5.91 Å². The van der Waals surface area contributed by atoms with Gasteiger partial charge in [-0.3, -0.25) is 4.79 Å². The fraction of sp³-hybridized carbons (Fsp3) is 0.267. The molecular formula is C15H15BrN2OS. The molecule has 0 aliphatic heterocycles. The van der Waals surface area contributed by atoms with Crippen LogP contribution in [0.1, 0.15) is 28.9 Å². The second-order valence-electron chi connectivity index (χ2n) is 4.40. The Balaban J connectivity index is 2.07.